The summed E-state index contributed by atoms with van der Waals surface area (Å²) in [6.07, 6.45) is 2.87. The van der Waals surface area contributed by atoms with Crippen LogP contribution in [0.1, 0.15) is 12.8 Å². The minimum atomic E-state index is -3.66. The zero-order valence-corrected chi connectivity index (χ0v) is 11.6. The molecule has 1 fully saturated rings. The number of sulfonamides is 1. The second-order valence-electron chi connectivity index (χ2n) is 4.65. The number of rotatable bonds is 5. The lowest BCUT2D eigenvalue weighted by molar-refractivity contribution is -0.389. The first kappa shape index (κ1) is 14.8. The average molecular weight is 300 g/mol. The zero-order chi connectivity index (χ0) is 14.6. The highest BCUT2D eigenvalue weighted by Gasteiger charge is 2.20. The number of pyridine rings is 1. The van der Waals surface area contributed by atoms with Crippen molar-refractivity contribution in [2.24, 2.45) is 5.92 Å². The fraction of sp³-hybridized carbons (Fsp3) is 0.545. The Morgan fingerprint density at radius 2 is 2.10 bits per heavy atom. The molecule has 1 aromatic rings. The molecular formula is C11H16N4O4S. The molecule has 2 heterocycles. The number of piperidine rings is 1. The molecule has 0 bridgehead atoms. The summed E-state index contributed by atoms with van der Waals surface area (Å²) >= 11 is 0. The van der Waals surface area contributed by atoms with Crippen molar-refractivity contribution >= 4 is 15.8 Å². The van der Waals surface area contributed by atoms with Crippen LogP contribution in [-0.4, -0.2) is 38.0 Å². The Hall–Kier alpha value is -1.58. The lowest BCUT2D eigenvalue weighted by Crippen LogP contribution is -2.36. The van der Waals surface area contributed by atoms with Crippen LogP contribution in [0.15, 0.2) is 23.2 Å². The van der Waals surface area contributed by atoms with E-state index in [0.29, 0.717) is 12.5 Å². The van der Waals surface area contributed by atoms with Crippen LogP contribution in [0.5, 0.6) is 0 Å². The largest absolute Gasteiger partial charge is 0.363 e. The molecule has 0 aliphatic carbocycles. The van der Waals surface area contributed by atoms with Gasteiger partial charge in [-0.15, -0.1) is 0 Å². The highest BCUT2D eigenvalue weighted by Crippen LogP contribution is 2.14. The van der Waals surface area contributed by atoms with Crippen molar-refractivity contribution in [3.8, 4) is 0 Å². The van der Waals surface area contributed by atoms with Gasteiger partial charge in [-0.3, -0.25) is 0 Å². The van der Waals surface area contributed by atoms with E-state index in [0.717, 1.165) is 38.2 Å². The maximum atomic E-state index is 12.0. The Labute approximate surface area is 116 Å². The van der Waals surface area contributed by atoms with E-state index in [1.165, 1.54) is 6.07 Å². The molecule has 2 N–H and O–H groups in total. The quantitative estimate of drug-likeness (QED) is 0.596. The molecular weight excluding hydrogens is 284 g/mol. The van der Waals surface area contributed by atoms with Crippen molar-refractivity contribution in [3.63, 3.8) is 0 Å². The molecule has 20 heavy (non-hydrogen) atoms. The normalized spacial score (nSPS) is 17.0. The van der Waals surface area contributed by atoms with E-state index in [2.05, 4.69) is 15.0 Å². The van der Waals surface area contributed by atoms with E-state index >= 15 is 0 Å². The Balaban J connectivity index is 2.00. The second kappa shape index (κ2) is 6.25. The molecule has 110 valence electrons. The highest BCUT2D eigenvalue weighted by molar-refractivity contribution is 7.89. The molecule has 0 spiro atoms. The molecule has 0 aromatic carbocycles. The lowest BCUT2D eigenvalue weighted by atomic mass is 9.99. The first-order valence-corrected chi connectivity index (χ1v) is 7.78. The molecule has 1 aromatic heterocycles. The molecule has 1 aliphatic heterocycles. The van der Waals surface area contributed by atoms with Gasteiger partial charge in [0.1, 0.15) is 4.90 Å². The van der Waals surface area contributed by atoms with Gasteiger partial charge in [0.15, 0.2) is 6.20 Å². The van der Waals surface area contributed by atoms with Crippen LogP contribution in [0.25, 0.3) is 0 Å². The Morgan fingerprint density at radius 1 is 1.40 bits per heavy atom. The van der Waals surface area contributed by atoms with E-state index < -0.39 is 14.9 Å². The third-order valence-electron chi connectivity index (χ3n) is 3.24. The van der Waals surface area contributed by atoms with Gasteiger partial charge in [-0.25, -0.2) is 13.1 Å². The van der Waals surface area contributed by atoms with Gasteiger partial charge in [-0.2, -0.15) is 0 Å². The molecule has 1 saturated heterocycles. The molecule has 0 amide bonds. The molecule has 8 nitrogen and oxygen atoms in total. The van der Waals surface area contributed by atoms with Crippen molar-refractivity contribution < 1.29 is 13.3 Å². The summed E-state index contributed by atoms with van der Waals surface area (Å²) in [4.78, 5) is 13.3. The maximum Gasteiger partial charge on any atom is 0.363 e. The zero-order valence-electron chi connectivity index (χ0n) is 10.8. The Morgan fingerprint density at radius 3 is 2.65 bits per heavy atom. The first-order chi connectivity index (χ1) is 9.49. The van der Waals surface area contributed by atoms with Crippen LogP contribution in [0.3, 0.4) is 0 Å². The number of nitrogens with one attached hydrogen (secondary N) is 2. The molecule has 0 radical (unpaired) electrons. The topological polar surface area (TPSA) is 114 Å². The van der Waals surface area contributed by atoms with Gasteiger partial charge in [0.05, 0.1) is 0 Å². The summed E-state index contributed by atoms with van der Waals surface area (Å²) in [6, 6.07) is 2.27. The van der Waals surface area contributed by atoms with E-state index in [-0.39, 0.29) is 10.7 Å². The van der Waals surface area contributed by atoms with Crippen LogP contribution < -0.4 is 10.0 Å². The predicted molar refractivity (Wildman–Crippen MR) is 71.7 cm³/mol. The Kier molecular flexibility index (Phi) is 4.63. The fourth-order valence-corrected chi connectivity index (χ4v) is 3.10. The fourth-order valence-electron chi connectivity index (χ4n) is 2.04. The predicted octanol–water partition coefficient (Wildman–Crippen LogP) is 0.268. The highest BCUT2D eigenvalue weighted by atomic mass is 32.2. The summed E-state index contributed by atoms with van der Waals surface area (Å²) in [5.74, 6) is -0.0562. The number of nitrogens with zero attached hydrogens (tertiary/aromatic N) is 2. The first-order valence-electron chi connectivity index (χ1n) is 6.30. The van der Waals surface area contributed by atoms with Crippen LogP contribution in [-0.2, 0) is 10.0 Å². The van der Waals surface area contributed by atoms with Gasteiger partial charge < -0.3 is 15.4 Å². The standard InChI is InChI=1S/C11H16N4O4S/c16-15(17)11-2-1-10(8-13-11)20(18,19)14-7-9-3-5-12-6-4-9/h1-2,8-9,12,14H,3-7H2. The summed E-state index contributed by atoms with van der Waals surface area (Å²) < 4.78 is 26.6. The monoisotopic (exact) mass is 300 g/mol. The van der Waals surface area contributed by atoms with E-state index in [4.69, 9.17) is 0 Å². The van der Waals surface area contributed by atoms with Crippen LogP contribution in [0, 0.1) is 16.0 Å². The van der Waals surface area contributed by atoms with Crippen molar-refractivity contribution in [1.82, 2.24) is 15.0 Å². The van der Waals surface area contributed by atoms with Crippen molar-refractivity contribution in [1.29, 1.82) is 0 Å². The molecule has 2 rings (SSSR count). The molecule has 0 atom stereocenters. The summed E-state index contributed by atoms with van der Waals surface area (Å²) in [5.41, 5.74) is 0. The minimum Gasteiger partial charge on any atom is -0.358 e. The number of hydrogen-bond acceptors (Lipinski definition) is 6. The van der Waals surface area contributed by atoms with E-state index in [9.17, 15) is 18.5 Å². The molecule has 1 aliphatic rings. The third-order valence-corrected chi connectivity index (χ3v) is 4.65. The number of hydrogen-bond donors (Lipinski definition) is 2. The van der Waals surface area contributed by atoms with Crippen LogP contribution in [0.4, 0.5) is 5.82 Å². The summed E-state index contributed by atoms with van der Waals surface area (Å²) in [5, 5.41) is 13.7. The van der Waals surface area contributed by atoms with Crippen molar-refractivity contribution in [3.05, 3.63) is 28.4 Å². The van der Waals surface area contributed by atoms with Gasteiger partial charge in [0.2, 0.25) is 10.0 Å². The van der Waals surface area contributed by atoms with Gasteiger partial charge in [0.25, 0.3) is 0 Å². The summed E-state index contributed by atoms with van der Waals surface area (Å²) in [7, 11) is -3.66. The maximum absolute atomic E-state index is 12.0. The van der Waals surface area contributed by atoms with Gasteiger partial charge in [-0.05, 0) is 47.8 Å². The molecule has 0 saturated carbocycles. The van der Waals surface area contributed by atoms with Crippen molar-refractivity contribution in [2.45, 2.75) is 17.7 Å². The van der Waals surface area contributed by atoms with Gasteiger partial charge >= 0.3 is 5.82 Å². The smallest absolute Gasteiger partial charge is 0.358 e. The van der Waals surface area contributed by atoms with Crippen molar-refractivity contribution in [2.75, 3.05) is 19.6 Å². The van der Waals surface area contributed by atoms with E-state index in [1.54, 1.807) is 0 Å². The molecule has 0 unspecified atom stereocenters. The third kappa shape index (κ3) is 3.71. The number of nitro groups is 1. The van der Waals surface area contributed by atoms with Gasteiger partial charge in [0, 0.05) is 12.6 Å². The van der Waals surface area contributed by atoms with Crippen LogP contribution in [0.2, 0.25) is 0 Å². The van der Waals surface area contributed by atoms with E-state index in [1.807, 2.05) is 0 Å². The average Bonchev–Trinajstić information content (AvgIpc) is 2.46. The summed E-state index contributed by atoms with van der Waals surface area (Å²) in [6.45, 7) is 2.16. The second-order valence-corrected chi connectivity index (χ2v) is 6.42. The SMILES string of the molecule is O=[N+]([O-])c1ccc(S(=O)(=O)NCC2CCNCC2)cn1. The Bertz CT molecular complexity index is 567. The lowest BCUT2D eigenvalue weighted by Gasteiger charge is -2.22. The molecule has 9 heteroatoms. The van der Waals surface area contributed by atoms with Gasteiger partial charge in [-0.1, -0.05) is 0 Å². The minimum absolute atomic E-state index is 0.0583. The van der Waals surface area contributed by atoms with Crippen LogP contribution >= 0.6 is 0 Å². The number of aromatic nitrogens is 1.